The van der Waals surface area contributed by atoms with Crippen LogP contribution in [0.2, 0.25) is 0 Å². The molecule has 0 bridgehead atoms. The summed E-state index contributed by atoms with van der Waals surface area (Å²) >= 11 is 0. The topological polar surface area (TPSA) is 118 Å². The van der Waals surface area contributed by atoms with E-state index in [1.54, 1.807) is 0 Å². The lowest BCUT2D eigenvalue weighted by atomic mass is 9.41. The van der Waals surface area contributed by atoms with Gasteiger partial charge in [0.15, 0.2) is 6.29 Å². The molecule has 14 atom stereocenters. The van der Waals surface area contributed by atoms with Gasteiger partial charge in [-0.1, -0.05) is 34.6 Å². The van der Waals surface area contributed by atoms with Gasteiger partial charge < -0.3 is 34.3 Å². The molecular formula is C40H67NO8. The van der Waals surface area contributed by atoms with Crippen LogP contribution in [0.25, 0.3) is 0 Å². The Morgan fingerprint density at radius 3 is 2.47 bits per heavy atom. The SMILES string of the molecule is CCO[C@@H](C1C[C@@H](C)[C@H]2C(O1)[C@H](O)[C@@]1(C)C3CC[C@H]4C(C)(C)C(O[C@H]5CN(CCCC(=O)O)CCO5)CC[C@@]45C[C@@]35CC[C@]21C)C(C)(C)O. The Labute approximate surface area is 295 Å². The van der Waals surface area contributed by atoms with Crippen LogP contribution in [-0.4, -0.2) is 101 Å². The molecule has 2 saturated heterocycles. The monoisotopic (exact) mass is 689 g/mol. The van der Waals surface area contributed by atoms with Crippen molar-refractivity contribution in [2.45, 2.75) is 162 Å². The van der Waals surface area contributed by atoms with Crippen LogP contribution in [0.1, 0.15) is 120 Å². The molecule has 5 aliphatic carbocycles. The van der Waals surface area contributed by atoms with Crippen molar-refractivity contribution in [1.29, 1.82) is 0 Å². The highest BCUT2D eigenvalue weighted by atomic mass is 16.7. The second-order valence-electron chi connectivity index (χ2n) is 19.3. The maximum Gasteiger partial charge on any atom is 0.303 e. The number of ether oxygens (including phenoxy) is 4. The number of aliphatic carboxylic acids is 1. The fourth-order valence-corrected chi connectivity index (χ4v) is 14.3. The zero-order valence-corrected chi connectivity index (χ0v) is 31.7. The summed E-state index contributed by atoms with van der Waals surface area (Å²) in [7, 11) is 0. The number of aliphatic hydroxyl groups excluding tert-OH is 1. The molecule has 2 aliphatic heterocycles. The second-order valence-corrected chi connectivity index (χ2v) is 19.3. The quantitative estimate of drug-likeness (QED) is 0.258. The average Bonchev–Trinajstić information content (AvgIpc) is 3.65. The van der Waals surface area contributed by atoms with E-state index in [1.165, 1.54) is 25.7 Å². The Bertz CT molecular complexity index is 1250. The Morgan fingerprint density at radius 2 is 1.78 bits per heavy atom. The first-order chi connectivity index (χ1) is 23.0. The van der Waals surface area contributed by atoms with Crippen LogP contribution in [0.5, 0.6) is 0 Å². The highest BCUT2D eigenvalue weighted by Gasteiger charge is 2.84. The molecule has 2 spiro atoms. The molecule has 3 N–H and O–H groups in total. The van der Waals surface area contributed by atoms with Crippen molar-refractivity contribution in [3.8, 4) is 0 Å². The number of hydrogen-bond donors (Lipinski definition) is 3. The van der Waals surface area contributed by atoms with Crippen molar-refractivity contribution in [2.75, 3.05) is 32.8 Å². The molecule has 4 unspecified atom stereocenters. The summed E-state index contributed by atoms with van der Waals surface area (Å²) in [5, 5.41) is 32.7. The van der Waals surface area contributed by atoms with Crippen LogP contribution >= 0.6 is 0 Å². The molecule has 0 aromatic carbocycles. The second kappa shape index (κ2) is 12.4. The first-order valence-electron chi connectivity index (χ1n) is 19.8. The predicted octanol–water partition coefficient (Wildman–Crippen LogP) is 5.88. The van der Waals surface area contributed by atoms with Crippen LogP contribution in [0.15, 0.2) is 0 Å². The highest BCUT2D eigenvalue weighted by Crippen LogP contribution is 2.89. The van der Waals surface area contributed by atoms with Gasteiger partial charge in [-0.25, -0.2) is 0 Å². The number of fused-ring (bicyclic) bond motifs is 4. The van der Waals surface area contributed by atoms with Gasteiger partial charge in [0, 0.05) is 31.5 Å². The average molecular weight is 690 g/mol. The van der Waals surface area contributed by atoms with Gasteiger partial charge in [0.2, 0.25) is 0 Å². The summed E-state index contributed by atoms with van der Waals surface area (Å²) in [6.07, 6.45) is 8.31. The Morgan fingerprint density at radius 1 is 1.06 bits per heavy atom. The van der Waals surface area contributed by atoms with Gasteiger partial charge in [0.05, 0.1) is 36.6 Å². The minimum absolute atomic E-state index is 0.00562. The summed E-state index contributed by atoms with van der Waals surface area (Å²) in [4.78, 5) is 13.3. The zero-order valence-electron chi connectivity index (χ0n) is 31.7. The lowest BCUT2D eigenvalue weighted by molar-refractivity contribution is -0.248. The van der Waals surface area contributed by atoms with Crippen molar-refractivity contribution in [3.05, 3.63) is 0 Å². The summed E-state index contributed by atoms with van der Waals surface area (Å²) in [5.41, 5.74) is -0.669. The third-order valence-electron chi connectivity index (χ3n) is 16.4. The molecule has 0 radical (unpaired) electrons. The van der Waals surface area contributed by atoms with Crippen molar-refractivity contribution in [2.24, 2.45) is 50.7 Å². The Hall–Kier alpha value is -0.810. The number of aliphatic hydroxyl groups is 2. The van der Waals surface area contributed by atoms with Gasteiger partial charge in [0.1, 0.15) is 6.10 Å². The molecule has 9 nitrogen and oxygen atoms in total. The van der Waals surface area contributed by atoms with E-state index in [2.05, 4.69) is 39.5 Å². The molecule has 7 fully saturated rings. The first-order valence-corrected chi connectivity index (χ1v) is 19.8. The number of carbonyl (C=O) groups is 1. The van der Waals surface area contributed by atoms with E-state index in [4.69, 9.17) is 24.1 Å². The van der Waals surface area contributed by atoms with Gasteiger partial charge in [-0.05, 0) is 130 Å². The fraction of sp³-hybridized carbons (Fsp3) is 0.975. The van der Waals surface area contributed by atoms with E-state index in [-0.39, 0.29) is 58.6 Å². The third-order valence-corrected chi connectivity index (χ3v) is 16.4. The number of carboxylic acid groups (broad SMARTS) is 1. The lowest BCUT2D eigenvalue weighted by Gasteiger charge is -2.64. The van der Waals surface area contributed by atoms with Crippen molar-refractivity contribution >= 4 is 5.97 Å². The Kier molecular flexibility index (Phi) is 9.23. The third kappa shape index (κ3) is 5.35. The van der Waals surface area contributed by atoms with Gasteiger partial charge in [0.25, 0.3) is 0 Å². The molecule has 7 aliphatic rings. The smallest absolute Gasteiger partial charge is 0.303 e. The maximum atomic E-state index is 12.6. The summed E-state index contributed by atoms with van der Waals surface area (Å²) in [6.45, 7) is 21.2. The highest BCUT2D eigenvalue weighted by molar-refractivity contribution is 5.66. The van der Waals surface area contributed by atoms with Crippen LogP contribution in [0.3, 0.4) is 0 Å². The number of morpholine rings is 1. The standard InChI is InChI=1S/C40H67NO8/c1-9-46-34(36(5,6)45)25-21-24(2)31-32(48-25)33(44)38(8)27-13-12-26-35(3,4)28(14-15-39(26)23-40(27,39)17-16-37(31,38)7)49-30-22-41(19-20-47-30)18-10-11-29(42)43/h24-28,30-34,44-45H,9-23H2,1-8H3,(H,42,43)/t24-,25?,26+,27?,28?,30+,31+,32?,33+,34+,37-,38-,39-,40+/m1/s1. The molecule has 9 heteroatoms. The number of nitrogens with zero attached hydrogens (tertiary/aromatic N) is 1. The molecule has 2 heterocycles. The van der Waals surface area contributed by atoms with Gasteiger partial charge in [-0.3, -0.25) is 9.69 Å². The summed E-state index contributed by atoms with van der Waals surface area (Å²) in [6, 6.07) is 0. The minimum atomic E-state index is -1.03. The number of hydrogen-bond acceptors (Lipinski definition) is 8. The largest absolute Gasteiger partial charge is 0.481 e. The number of rotatable bonds is 10. The minimum Gasteiger partial charge on any atom is -0.481 e. The normalized spacial score (nSPS) is 49.6. The van der Waals surface area contributed by atoms with Gasteiger partial charge >= 0.3 is 5.97 Å². The van der Waals surface area contributed by atoms with E-state index in [0.717, 1.165) is 38.8 Å². The van der Waals surface area contributed by atoms with Crippen LogP contribution in [0.4, 0.5) is 0 Å². The van der Waals surface area contributed by atoms with Gasteiger partial charge in [-0.2, -0.15) is 0 Å². The summed E-state index contributed by atoms with van der Waals surface area (Å²) in [5.74, 6) is 0.972. The van der Waals surface area contributed by atoms with Crippen molar-refractivity contribution < 1.29 is 39.1 Å². The molecular weight excluding hydrogens is 622 g/mol. The van der Waals surface area contributed by atoms with Crippen LogP contribution in [0, 0.1) is 50.7 Å². The van der Waals surface area contributed by atoms with Crippen molar-refractivity contribution in [3.63, 3.8) is 0 Å². The molecule has 5 saturated carbocycles. The fourth-order valence-electron chi connectivity index (χ4n) is 14.3. The van der Waals surface area contributed by atoms with Gasteiger partial charge in [-0.15, -0.1) is 0 Å². The van der Waals surface area contributed by atoms with Crippen LogP contribution in [-0.2, 0) is 23.7 Å². The van der Waals surface area contributed by atoms with E-state index in [0.29, 0.717) is 49.3 Å². The predicted molar refractivity (Wildman–Crippen MR) is 186 cm³/mol. The van der Waals surface area contributed by atoms with Crippen LogP contribution < -0.4 is 0 Å². The molecule has 7 rings (SSSR count). The lowest BCUT2D eigenvalue weighted by Crippen LogP contribution is -2.60. The Balaban J connectivity index is 1.08. The zero-order chi connectivity index (χ0) is 35.4. The maximum absolute atomic E-state index is 12.6. The molecule has 280 valence electrons. The number of carboxylic acids is 1. The van der Waals surface area contributed by atoms with E-state index in [1.807, 2.05) is 20.8 Å². The molecule has 0 aromatic rings. The summed E-state index contributed by atoms with van der Waals surface area (Å²) < 4.78 is 26.1. The van der Waals surface area contributed by atoms with E-state index >= 15 is 0 Å². The van der Waals surface area contributed by atoms with E-state index < -0.39 is 23.8 Å². The molecule has 0 amide bonds. The molecule has 0 aromatic heterocycles. The first kappa shape index (κ1) is 36.5. The molecule has 49 heavy (non-hydrogen) atoms. The van der Waals surface area contributed by atoms with Crippen molar-refractivity contribution in [1.82, 2.24) is 4.90 Å². The van der Waals surface area contributed by atoms with E-state index in [9.17, 15) is 15.0 Å².